The lowest BCUT2D eigenvalue weighted by molar-refractivity contribution is -0.123. The molecular formula is C10H15NO2. The van der Waals surface area contributed by atoms with Gasteiger partial charge in [-0.2, -0.15) is 0 Å². The molecule has 0 spiro atoms. The van der Waals surface area contributed by atoms with Crippen molar-refractivity contribution in [3.8, 4) is 12.3 Å². The Bertz CT molecular complexity index is 219. The molecule has 1 aliphatic heterocycles. The normalized spacial score (nSPS) is 27.1. The van der Waals surface area contributed by atoms with Gasteiger partial charge in [0.15, 0.2) is 0 Å². The average molecular weight is 181 g/mol. The lowest BCUT2D eigenvalue weighted by Gasteiger charge is -2.10. The second kappa shape index (κ2) is 5.00. The predicted molar refractivity (Wildman–Crippen MR) is 50.0 cm³/mol. The number of hydrogen-bond donors (Lipinski definition) is 1. The molecule has 3 nitrogen and oxygen atoms in total. The number of ether oxygens (including phenoxy) is 1. The summed E-state index contributed by atoms with van der Waals surface area (Å²) >= 11 is 0. The molecule has 1 saturated heterocycles. The predicted octanol–water partition coefficient (Wildman–Crippen LogP) is 0.333. The number of carbonyl (C=O) groups excluding carboxylic acids is 1. The van der Waals surface area contributed by atoms with Gasteiger partial charge in [-0.05, 0) is 6.42 Å². The first-order valence-corrected chi connectivity index (χ1v) is 4.55. The van der Waals surface area contributed by atoms with Gasteiger partial charge in [0, 0.05) is 18.9 Å². The molecule has 0 saturated carbocycles. The van der Waals surface area contributed by atoms with Crippen molar-refractivity contribution in [3.05, 3.63) is 0 Å². The summed E-state index contributed by atoms with van der Waals surface area (Å²) in [5.41, 5.74) is 5.70. The molecule has 13 heavy (non-hydrogen) atoms. The van der Waals surface area contributed by atoms with Crippen LogP contribution in [0, 0.1) is 18.3 Å². The van der Waals surface area contributed by atoms with Crippen molar-refractivity contribution in [1.82, 2.24) is 0 Å². The third kappa shape index (κ3) is 2.83. The molecule has 0 radical (unpaired) electrons. The minimum absolute atomic E-state index is 0.0993. The fraction of sp³-hybridized carbons (Fsp3) is 0.700. The summed E-state index contributed by atoms with van der Waals surface area (Å²) in [7, 11) is 0. The Hall–Kier alpha value is -0.850. The van der Waals surface area contributed by atoms with E-state index in [0.29, 0.717) is 26.1 Å². The third-order valence-electron chi connectivity index (χ3n) is 2.28. The van der Waals surface area contributed by atoms with Crippen LogP contribution < -0.4 is 5.73 Å². The van der Waals surface area contributed by atoms with Crippen LogP contribution in [-0.4, -0.2) is 25.0 Å². The van der Waals surface area contributed by atoms with E-state index in [0.717, 1.165) is 6.42 Å². The van der Waals surface area contributed by atoms with Gasteiger partial charge in [0.05, 0.1) is 19.1 Å². The number of nitrogens with two attached hydrogens (primary N) is 1. The van der Waals surface area contributed by atoms with Crippen molar-refractivity contribution in [2.75, 3.05) is 13.2 Å². The molecule has 0 aromatic heterocycles. The van der Waals surface area contributed by atoms with Crippen molar-refractivity contribution in [1.29, 1.82) is 0 Å². The molecular weight excluding hydrogens is 166 g/mol. The molecule has 2 unspecified atom stereocenters. The molecule has 2 atom stereocenters. The van der Waals surface area contributed by atoms with E-state index in [-0.39, 0.29) is 17.7 Å². The first-order valence-electron chi connectivity index (χ1n) is 4.55. The second-order valence-electron chi connectivity index (χ2n) is 3.33. The Balaban J connectivity index is 2.27. The summed E-state index contributed by atoms with van der Waals surface area (Å²) in [4.78, 5) is 11.5. The molecule has 1 fully saturated rings. The number of unbranched alkanes of at least 4 members (excludes halogenated alkanes) is 1. The van der Waals surface area contributed by atoms with Crippen LogP contribution in [0.1, 0.15) is 19.3 Å². The van der Waals surface area contributed by atoms with E-state index in [2.05, 4.69) is 5.92 Å². The summed E-state index contributed by atoms with van der Waals surface area (Å²) in [6.07, 6.45) is 7.04. The van der Waals surface area contributed by atoms with E-state index in [1.807, 2.05) is 0 Å². The highest BCUT2D eigenvalue weighted by atomic mass is 16.5. The quantitative estimate of drug-likeness (QED) is 0.502. The molecule has 0 aliphatic carbocycles. The SMILES string of the molecule is C#CCCCC(=O)C1COCC1N. The number of carbonyl (C=O) groups is 1. The first kappa shape index (κ1) is 10.2. The molecule has 72 valence electrons. The summed E-state index contributed by atoms with van der Waals surface area (Å²) in [5, 5.41) is 0. The van der Waals surface area contributed by atoms with E-state index in [1.54, 1.807) is 0 Å². The molecule has 3 heteroatoms. The summed E-state index contributed by atoms with van der Waals surface area (Å²) in [6.45, 7) is 0.988. The van der Waals surface area contributed by atoms with Crippen LogP contribution in [0.3, 0.4) is 0 Å². The maximum atomic E-state index is 11.5. The fourth-order valence-corrected chi connectivity index (χ4v) is 1.45. The second-order valence-corrected chi connectivity index (χ2v) is 3.33. The minimum atomic E-state index is -0.113. The van der Waals surface area contributed by atoms with Gasteiger partial charge in [0.1, 0.15) is 5.78 Å². The zero-order valence-corrected chi connectivity index (χ0v) is 7.66. The Morgan fingerprint density at radius 2 is 2.38 bits per heavy atom. The maximum absolute atomic E-state index is 11.5. The molecule has 0 amide bonds. The van der Waals surface area contributed by atoms with Gasteiger partial charge in [0.25, 0.3) is 0 Å². The van der Waals surface area contributed by atoms with E-state index >= 15 is 0 Å². The van der Waals surface area contributed by atoms with Gasteiger partial charge < -0.3 is 10.5 Å². The lowest BCUT2D eigenvalue weighted by atomic mass is 9.96. The summed E-state index contributed by atoms with van der Waals surface area (Å²) in [5.74, 6) is 2.61. The summed E-state index contributed by atoms with van der Waals surface area (Å²) < 4.78 is 5.11. The summed E-state index contributed by atoms with van der Waals surface area (Å²) in [6, 6.07) is -0.113. The Morgan fingerprint density at radius 3 is 2.92 bits per heavy atom. The van der Waals surface area contributed by atoms with Gasteiger partial charge in [-0.15, -0.1) is 12.3 Å². The third-order valence-corrected chi connectivity index (χ3v) is 2.28. The molecule has 2 N–H and O–H groups in total. The highest BCUT2D eigenvalue weighted by Gasteiger charge is 2.30. The van der Waals surface area contributed by atoms with E-state index < -0.39 is 0 Å². The number of hydrogen-bond acceptors (Lipinski definition) is 3. The first-order chi connectivity index (χ1) is 6.25. The Morgan fingerprint density at radius 1 is 1.62 bits per heavy atom. The van der Waals surface area contributed by atoms with Crippen LogP contribution in [-0.2, 0) is 9.53 Å². The highest BCUT2D eigenvalue weighted by Crippen LogP contribution is 2.15. The monoisotopic (exact) mass is 181 g/mol. The van der Waals surface area contributed by atoms with Gasteiger partial charge in [0.2, 0.25) is 0 Å². The van der Waals surface area contributed by atoms with Crippen LogP contribution in [0.2, 0.25) is 0 Å². The molecule has 1 aliphatic rings. The van der Waals surface area contributed by atoms with Crippen molar-refractivity contribution < 1.29 is 9.53 Å². The number of ketones is 1. The van der Waals surface area contributed by atoms with Crippen LogP contribution in [0.5, 0.6) is 0 Å². The van der Waals surface area contributed by atoms with Crippen LogP contribution in [0.15, 0.2) is 0 Å². The lowest BCUT2D eigenvalue weighted by Crippen LogP contribution is -2.33. The molecule has 1 heterocycles. The highest BCUT2D eigenvalue weighted by molar-refractivity contribution is 5.82. The van der Waals surface area contributed by atoms with E-state index in [9.17, 15) is 4.79 Å². The van der Waals surface area contributed by atoms with Crippen molar-refractivity contribution in [2.45, 2.75) is 25.3 Å². The van der Waals surface area contributed by atoms with Gasteiger partial charge in [-0.25, -0.2) is 0 Å². The average Bonchev–Trinajstić information content (AvgIpc) is 2.52. The van der Waals surface area contributed by atoms with Crippen LogP contribution in [0.25, 0.3) is 0 Å². The molecule has 1 rings (SSSR count). The zero-order chi connectivity index (χ0) is 9.68. The maximum Gasteiger partial charge on any atom is 0.139 e. The molecule has 0 bridgehead atoms. The number of rotatable bonds is 4. The minimum Gasteiger partial charge on any atom is -0.379 e. The smallest absolute Gasteiger partial charge is 0.139 e. The Labute approximate surface area is 78.6 Å². The van der Waals surface area contributed by atoms with E-state index in [1.165, 1.54) is 0 Å². The van der Waals surface area contributed by atoms with Gasteiger partial charge >= 0.3 is 0 Å². The Kier molecular flexibility index (Phi) is 3.94. The van der Waals surface area contributed by atoms with Crippen LogP contribution >= 0.6 is 0 Å². The molecule has 0 aromatic carbocycles. The largest absolute Gasteiger partial charge is 0.379 e. The van der Waals surface area contributed by atoms with Crippen molar-refractivity contribution >= 4 is 5.78 Å². The fourth-order valence-electron chi connectivity index (χ4n) is 1.45. The number of terminal acetylenes is 1. The van der Waals surface area contributed by atoms with Gasteiger partial charge in [-0.1, -0.05) is 0 Å². The van der Waals surface area contributed by atoms with Crippen molar-refractivity contribution in [3.63, 3.8) is 0 Å². The number of Topliss-reactive ketones (excluding diaryl/α,β-unsaturated/α-hetero) is 1. The standard InChI is InChI=1S/C10H15NO2/c1-2-3-4-5-10(12)8-6-13-7-9(8)11/h1,8-9H,3-7,11H2. The zero-order valence-electron chi connectivity index (χ0n) is 7.66. The van der Waals surface area contributed by atoms with Crippen molar-refractivity contribution in [2.24, 2.45) is 11.7 Å². The molecule has 0 aromatic rings. The van der Waals surface area contributed by atoms with Gasteiger partial charge in [-0.3, -0.25) is 4.79 Å². The topological polar surface area (TPSA) is 52.3 Å². The van der Waals surface area contributed by atoms with E-state index in [4.69, 9.17) is 16.9 Å². The van der Waals surface area contributed by atoms with Crippen LogP contribution in [0.4, 0.5) is 0 Å².